The van der Waals surface area contributed by atoms with Crippen molar-refractivity contribution in [3.63, 3.8) is 0 Å². The summed E-state index contributed by atoms with van der Waals surface area (Å²) in [5, 5.41) is 13.9. The summed E-state index contributed by atoms with van der Waals surface area (Å²) in [6.45, 7) is 0. The molecule has 3 aliphatic carbocycles. The summed E-state index contributed by atoms with van der Waals surface area (Å²) < 4.78 is 34.4. The summed E-state index contributed by atoms with van der Waals surface area (Å²) in [6.07, 6.45) is 0. The van der Waals surface area contributed by atoms with Crippen LogP contribution in [0.25, 0.3) is 330 Å². The van der Waals surface area contributed by atoms with Gasteiger partial charge in [-0.05, 0) is 328 Å². The van der Waals surface area contributed by atoms with Crippen LogP contribution in [0.1, 0.15) is 0 Å². The molecule has 6 heteroatoms. The molecule has 30 aromatic rings. The van der Waals surface area contributed by atoms with Crippen molar-refractivity contribution in [2.75, 3.05) is 0 Å². The Morgan fingerprint density at radius 3 is 0.653 bits per heavy atom. The zero-order chi connectivity index (χ0) is 98.3. The molecule has 0 unspecified atom stereocenters. The van der Waals surface area contributed by atoms with E-state index in [1.807, 2.05) is 59.9 Å². The SMILES string of the molecule is c1ccc2c(c1)-c1ccccc1-c1cc(-c3ccc4oc5ccccc5c4c3)cc(-c3ccc4oc5ccccc5c4c3)c1-c1ccccc1-2.c1ccc2c(c1)-c1ccccc1-c1cc(-c3ccc4oc5ccccc5c4c3)cc(-c3ccc4sc5ccccc5c4c3)c1-c1ccccc1-2.c1ccc2c(c1)-c1ccccc1-c1cc(-c3ccc4oc5ccccc5c4c3)cc(-c3cccc4c3oc3ccccc34)c1-c1ccccc1-2. The number of furan rings is 5. The quantitative estimate of drug-likeness (QED) is 0.166. The second-order valence-electron chi connectivity index (χ2n) is 39.6. The minimum atomic E-state index is 0.893. The summed E-state index contributed by atoms with van der Waals surface area (Å²) in [4.78, 5) is 0. The fraction of sp³-hybridized carbons (Fsp3) is 0. The molecule has 0 bridgehead atoms. The van der Waals surface area contributed by atoms with Gasteiger partial charge in [-0.15, -0.1) is 11.3 Å². The molecule has 0 N–H and O–H groups in total. The van der Waals surface area contributed by atoms with Crippen LogP contribution in [-0.4, -0.2) is 0 Å². The predicted molar refractivity (Wildman–Crippen MR) is 627 cm³/mol. The number of rotatable bonds is 6. The summed E-state index contributed by atoms with van der Waals surface area (Å²) in [5.74, 6) is 0. The zero-order valence-corrected chi connectivity index (χ0v) is 81.8. The Morgan fingerprint density at radius 1 is 0.107 bits per heavy atom. The van der Waals surface area contributed by atoms with Crippen LogP contribution in [0.5, 0.6) is 0 Å². The average Bonchev–Trinajstić information content (AvgIpc) is 0.895. The van der Waals surface area contributed by atoms with Crippen molar-refractivity contribution in [2.45, 2.75) is 0 Å². The first-order chi connectivity index (χ1) is 74.4. The van der Waals surface area contributed by atoms with Crippen molar-refractivity contribution in [1.82, 2.24) is 0 Å². The van der Waals surface area contributed by atoms with Crippen LogP contribution >= 0.6 is 11.3 Å². The van der Waals surface area contributed by atoms with Gasteiger partial charge in [0.05, 0.1) is 0 Å². The highest BCUT2D eigenvalue weighted by molar-refractivity contribution is 7.25. The molecule has 0 fully saturated rings. The lowest BCUT2D eigenvalue weighted by Crippen LogP contribution is -1.99. The zero-order valence-electron chi connectivity index (χ0n) is 80.9. The van der Waals surface area contributed by atoms with E-state index in [1.54, 1.807) is 0 Å². The lowest BCUT2D eigenvalue weighted by molar-refractivity contribution is 0.668. The van der Waals surface area contributed by atoms with Crippen LogP contribution in [0.4, 0.5) is 0 Å². The Hall–Kier alpha value is -19.5. The van der Waals surface area contributed by atoms with Crippen LogP contribution in [0.15, 0.2) is 532 Å². The van der Waals surface area contributed by atoms with Crippen molar-refractivity contribution in [2.24, 2.45) is 0 Å². The molecular formula is C144H84O5S. The Kier molecular flexibility index (Phi) is 19.3. The third-order valence-corrected chi connectivity index (χ3v) is 32.5. The lowest BCUT2D eigenvalue weighted by atomic mass is 9.77. The maximum atomic E-state index is 6.73. The first kappa shape index (κ1) is 85.0. The van der Waals surface area contributed by atoms with E-state index in [0.717, 1.165) is 149 Å². The Balaban J connectivity index is 0.000000101. The number of hydrogen-bond donors (Lipinski definition) is 0. The summed E-state index contributed by atoms with van der Waals surface area (Å²) in [6, 6.07) is 185. The second kappa shape index (κ2) is 34.1. The van der Waals surface area contributed by atoms with Crippen molar-refractivity contribution >= 4 is 141 Å². The summed E-state index contributed by atoms with van der Waals surface area (Å²) >= 11 is 1.87. The molecule has 0 aliphatic heterocycles. The van der Waals surface area contributed by atoms with Crippen LogP contribution in [-0.2, 0) is 0 Å². The summed E-state index contributed by atoms with van der Waals surface area (Å²) in [5.41, 5.74) is 52.5. The van der Waals surface area contributed by atoms with Gasteiger partial charge in [0.2, 0.25) is 0 Å². The third-order valence-electron chi connectivity index (χ3n) is 31.4. The topological polar surface area (TPSA) is 65.7 Å². The maximum Gasteiger partial charge on any atom is 0.143 e. The number of para-hydroxylation sites is 6. The molecule has 0 atom stereocenters. The number of benzene rings is 24. The molecule has 6 heterocycles. The minimum Gasteiger partial charge on any atom is -0.456 e. The number of thiophene rings is 1. The van der Waals surface area contributed by atoms with Crippen LogP contribution < -0.4 is 0 Å². The van der Waals surface area contributed by atoms with E-state index < -0.39 is 0 Å². The molecule has 0 amide bonds. The van der Waals surface area contributed by atoms with Gasteiger partial charge in [-0.3, -0.25) is 0 Å². The molecule has 150 heavy (non-hydrogen) atoms. The van der Waals surface area contributed by atoms with Crippen LogP contribution in [0, 0.1) is 0 Å². The molecule has 5 nitrogen and oxygen atoms in total. The van der Waals surface area contributed by atoms with E-state index in [-0.39, 0.29) is 0 Å². The lowest BCUT2D eigenvalue weighted by Gasteiger charge is -2.26. The van der Waals surface area contributed by atoms with E-state index in [4.69, 9.17) is 22.1 Å². The van der Waals surface area contributed by atoms with E-state index in [9.17, 15) is 0 Å². The molecule has 0 saturated carbocycles. The maximum absolute atomic E-state index is 6.73. The monoisotopic (exact) mass is 1920 g/mol. The van der Waals surface area contributed by atoms with Crippen molar-refractivity contribution in [3.8, 4) is 200 Å². The number of hydrogen-bond acceptors (Lipinski definition) is 6. The van der Waals surface area contributed by atoms with Gasteiger partial charge < -0.3 is 22.1 Å². The smallest absolute Gasteiger partial charge is 0.143 e. The number of fused-ring (bicyclic) bond motifs is 42. The Bertz CT molecular complexity index is 10500. The molecule has 0 radical (unpaired) electrons. The fourth-order valence-electron chi connectivity index (χ4n) is 24.6. The van der Waals surface area contributed by atoms with E-state index in [1.165, 1.54) is 182 Å². The van der Waals surface area contributed by atoms with Crippen molar-refractivity contribution < 1.29 is 22.1 Å². The van der Waals surface area contributed by atoms with Gasteiger partial charge in [0.1, 0.15) is 55.8 Å². The first-order valence-electron chi connectivity index (χ1n) is 51.3. The van der Waals surface area contributed by atoms with E-state index in [2.05, 4.69) is 461 Å². The highest BCUT2D eigenvalue weighted by Crippen LogP contribution is 2.59. The van der Waals surface area contributed by atoms with Crippen molar-refractivity contribution in [3.05, 3.63) is 510 Å². The van der Waals surface area contributed by atoms with Crippen LogP contribution in [0.2, 0.25) is 0 Å². The summed E-state index contributed by atoms with van der Waals surface area (Å²) in [7, 11) is 0. The molecule has 0 saturated heterocycles. The largest absolute Gasteiger partial charge is 0.456 e. The molecule has 696 valence electrons. The molecule has 6 aromatic heterocycles. The average molecular weight is 1930 g/mol. The highest BCUT2D eigenvalue weighted by atomic mass is 32.1. The van der Waals surface area contributed by atoms with Gasteiger partial charge in [0.15, 0.2) is 0 Å². The van der Waals surface area contributed by atoms with Gasteiger partial charge in [0, 0.05) is 79.6 Å². The van der Waals surface area contributed by atoms with Gasteiger partial charge in [-0.1, -0.05) is 376 Å². The van der Waals surface area contributed by atoms with Crippen molar-refractivity contribution in [1.29, 1.82) is 0 Å². The van der Waals surface area contributed by atoms with E-state index in [0.29, 0.717) is 0 Å². The molecule has 0 spiro atoms. The van der Waals surface area contributed by atoms with E-state index >= 15 is 0 Å². The first-order valence-corrected chi connectivity index (χ1v) is 52.1. The second-order valence-corrected chi connectivity index (χ2v) is 40.7. The van der Waals surface area contributed by atoms with Gasteiger partial charge >= 0.3 is 0 Å². The molecular weight excluding hydrogens is 1840 g/mol. The van der Waals surface area contributed by atoms with Gasteiger partial charge in [-0.25, -0.2) is 0 Å². The Morgan fingerprint density at radius 2 is 0.313 bits per heavy atom. The third kappa shape index (κ3) is 13.6. The molecule has 3 aliphatic rings. The molecule has 33 rings (SSSR count). The predicted octanol–water partition coefficient (Wildman–Crippen LogP) is 41.9. The Labute approximate surface area is 866 Å². The highest BCUT2D eigenvalue weighted by Gasteiger charge is 2.33. The molecule has 24 aromatic carbocycles. The fourth-order valence-corrected chi connectivity index (χ4v) is 25.7. The normalized spacial score (nSPS) is 12.0. The standard InChI is InChI=1S/2C48H28O2.C48H28OS/c1-2-13-32-31(12-1)33-14-3-4-16-35(33)42-27-30(29-24-25-46-41(26-29)37-18-8-9-22-44(37)49-46)28-43(47(42)38-19-6-5-15-34(32)38)40-21-11-20-39-36-17-7-10-23-45(36)50-48(39)40;1-2-12-33-32(11-1)34-13-3-4-15-36(34)43-28-31(29-21-23-46-41(25-29)37-16-7-9-19-44(37)49-46)27-40(48(43)39-18-6-5-14-35(33)39)30-22-24-47-42(26-30)38-17-8-10-20-45(38)50-47;1-2-12-33-32(11-1)34-13-3-4-15-36(34)43-28-31(29-21-23-45-41(25-29)37-16-7-9-19-44(37)49-45)27-40(48(43)39-18-6-5-14-35(33)39)30-22-24-47-42(26-30)38-17-8-10-20-46(38)50-47/h3*1-28H. The van der Waals surface area contributed by atoms with Gasteiger partial charge in [-0.2, -0.15) is 0 Å². The van der Waals surface area contributed by atoms with Gasteiger partial charge in [0.25, 0.3) is 0 Å². The minimum absolute atomic E-state index is 0.893. The van der Waals surface area contributed by atoms with Crippen LogP contribution in [0.3, 0.4) is 0 Å².